The monoisotopic (exact) mass is 261 g/mol. The smallest absolute Gasteiger partial charge is 0.243 e. The normalized spacial score (nSPS) is 10.2. The molecule has 1 aromatic heterocycles. The maximum atomic E-state index is 13.3. The lowest BCUT2D eigenvalue weighted by Gasteiger charge is -2.09. The fraction of sp³-hybridized carbons (Fsp3) is 0.333. The number of nitrogen functional groups attached to an aromatic ring is 1. The number of hydrogen-bond donors (Lipinski definition) is 4. The van der Waals surface area contributed by atoms with E-state index in [0.717, 1.165) is 0 Å². The van der Waals surface area contributed by atoms with Gasteiger partial charge in [-0.1, -0.05) is 0 Å². The molecule has 0 spiro atoms. The summed E-state index contributed by atoms with van der Waals surface area (Å²) in [6.45, 7) is 0.0658. The van der Waals surface area contributed by atoms with Gasteiger partial charge in [0.15, 0.2) is 23.3 Å². The number of aromatic nitrogens is 1. The van der Waals surface area contributed by atoms with Crippen LogP contribution in [0.4, 0.5) is 20.4 Å². The number of halogens is 2. The number of nitrogens with one attached hydrogen (secondary N) is 2. The molecule has 6 N–H and O–H groups in total. The summed E-state index contributed by atoms with van der Waals surface area (Å²) in [4.78, 5) is 13.9. The van der Waals surface area contributed by atoms with E-state index in [-0.39, 0.29) is 31.4 Å². The zero-order valence-corrected chi connectivity index (χ0v) is 9.37. The van der Waals surface area contributed by atoms with Crippen LogP contribution in [0.15, 0.2) is 6.07 Å². The molecular formula is C9H13F2N5O2. The molecular weight excluding hydrogens is 248 g/mol. The number of rotatable bonds is 7. The van der Waals surface area contributed by atoms with Crippen molar-refractivity contribution >= 4 is 17.5 Å². The van der Waals surface area contributed by atoms with Gasteiger partial charge >= 0.3 is 0 Å². The summed E-state index contributed by atoms with van der Waals surface area (Å²) in [6.07, 6.45) is 0. The van der Waals surface area contributed by atoms with Crippen LogP contribution in [0.3, 0.4) is 0 Å². The van der Waals surface area contributed by atoms with Crippen molar-refractivity contribution < 1.29 is 18.3 Å². The number of anilines is 2. The maximum Gasteiger partial charge on any atom is 0.243 e. The van der Waals surface area contributed by atoms with Crippen LogP contribution in [0.25, 0.3) is 0 Å². The van der Waals surface area contributed by atoms with Crippen LogP contribution in [0, 0.1) is 11.6 Å². The Kier molecular flexibility index (Phi) is 5.21. The Hall–Kier alpha value is -2.00. The van der Waals surface area contributed by atoms with E-state index in [9.17, 15) is 13.6 Å². The van der Waals surface area contributed by atoms with Crippen LogP contribution in [0.2, 0.25) is 0 Å². The van der Waals surface area contributed by atoms with Gasteiger partial charge in [-0.05, 0) is 0 Å². The summed E-state index contributed by atoms with van der Waals surface area (Å²) < 4.78 is 31.1. The predicted octanol–water partition coefficient (Wildman–Crippen LogP) is -0.441. The van der Waals surface area contributed by atoms with Crippen molar-refractivity contribution in [2.24, 2.45) is 11.6 Å². The highest BCUT2D eigenvalue weighted by Gasteiger charge is 2.10. The quantitative estimate of drug-likeness (QED) is 0.300. The average Bonchev–Trinajstić information content (AvgIpc) is 2.30. The molecule has 0 bridgehead atoms. The lowest BCUT2D eigenvalue weighted by Crippen LogP contribution is -2.21. The molecule has 1 amide bonds. The first-order chi connectivity index (χ1) is 8.54. The van der Waals surface area contributed by atoms with Crippen LogP contribution < -0.4 is 22.3 Å². The number of pyridine rings is 1. The third kappa shape index (κ3) is 4.11. The van der Waals surface area contributed by atoms with Crippen molar-refractivity contribution in [1.82, 2.24) is 4.98 Å². The highest BCUT2D eigenvalue weighted by atomic mass is 19.1. The van der Waals surface area contributed by atoms with Crippen molar-refractivity contribution in [2.45, 2.75) is 0 Å². The van der Waals surface area contributed by atoms with Gasteiger partial charge in [-0.3, -0.25) is 4.79 Å². The van der Waals surface area contributed by atoms with Crippen LogP contribution in [0.1, 0.15) is 0 Å². The van der Waals surface area contributed by atoms with Gasteiger partial charge in [0.05, 0.1) is 6.61 Å². The van der Waals surface area contributed by atoms with E-state index in [1.54, 1.807) is 0 Å². The van der Waals surface area contributed by atoms with Crippen LogP contribution in [0.5, 0.6) is 0 Å². The number of nitrogens with two attached hydrogens (primary N) is 2. The SMILES string of the molecule is NNc1nc(NCCOCC(N)=O)c(F)cc1F. The number of carbonyl (C=O) groups is 1. The molecule has 1 aromatic rings. The lowest BCUT2D eigenvalue weighted by molar-refractivity contribution is -0.122. The number of carbonyl (C=O) groups excluding carboxylic acids is 1. The van der Waals surface area contributed by atoms with E-state index >= 15 is 0 Å². The molecule has 1 rings (SSSR count). The van der Waals surface area contributed by atoms with E-state index in [1.165, 1.54) is 0 Å². The molecule has 0 unspecified atom stereocenters. The number of hydrogen-bond acceptors (Lipinski definition) is 6. The van der Waals surface area contributed by atoms with Crippen molar-refractivity contribution in [3.8, 4) is 0 Å². The third-order valence-electron chi connectivity index (χ3n) is 1.85. The molecule has 1 heterocycles. The third-order valence-corrected chi connectivity index (χ3v) is 1.85. The van der Waals surface area contributed by atoms with Crippen molar-refractivity contribution in [2.75, 3.05) is 30.5 Å². The molecule has 0 saturated heterocycles. The summed E-state index contributed by atoms with van der Waals surface area (Å²) in [5.74, 6) is 2.19. The molecule has 18 heavy (non-hydrogen) atoms. The minimum Gasteiger partial charge on any atom is -0.370 e. The zero-order chi connectivity index (χ0) is 13.5. The molecule has 0 aliphatic heterocycles. The summed E-state index contributed by atoms with van der Waals surface area (Å²) >= 11 is 0. The van der Waals surface area contributed by atoms with Crippen molar-refractivity contribution in [1.29, 1.82) is 0 Å². The van der Waals surface area contributed by atoms with E-state index in [0.29, 0.717) is 6.07 Å². The standard InChI is InChI=1S/C9H13F2N5O2/c10-5-3-6(11)9(16-13)15-8(5)14-1-2-18-4-7(12)17/h3H,1-2,4,13H2,(H2,12,17)(H2,14,15,16). The summed E-state index contributed by atoms with van der Waals surface area (Å²) in [7, 11) is 0. The molecule has 0 saturated carbocycles. The number of amides is 1. The van der Waals surface area contributed by atoms with Gasteiger partial charge in [0.1, 0.15) is 6.61 Å². The second-order valence-electron chi connectivity index (χ2n) is 3.24. The average molecular weight is 261 g/mol. The zero-order valence-electron chi connectivity index (χ0n) is 9.37. The second kappa shape index (κ2) is 6.67. The Labute approximate surface area is 101 Å². The molecule has 0 radical (unpaired) electrons. The molecule has 0 aliphatic rings. The maximum absolute atomic E-state index is 13.3. The van der Waals surface area contributed by atoms with Crippen LogP contribution in [-0.4, -0.2) is 30.6 Å². The highest BCUT2D eigenvalue weighted by molar-refractivity contribution is 5.74. The topological polar surface area (TPSA) is 115 Å². The Bertz CT molecular complexity index is 430. The van der Waals surface area contributed by atoms with Gasteiger partial charge in [-0.2, -0.15) is 0 Å². The van der Waals surface area contributed by atoms with Crippen molar-refractivity contribution in [3.05, 3.63) is 17.7 Å². The predicted molar refractivity (Wildman–Crippen MR) is 60.5 cm³/mol. The molecule has 9 heteroatoms. The Morgan fingerprint density at radius 2 is 2.06 bits per heavy atom. The molecule has 7 nitrogen and oxygen atoms in total. The fourth-order valence-electron chi connectivity index (χ4n) is 1.11. The minimum atomic E-state index is -0.898. The number of primary amides is 1. The first-order valence-corrected chi connectivity index (χ1v) is 4.97. The molecule has 0 fully saturated rings. The Morgan fingerprint density at radius 1 is 1.39 bits per heavy atom. The lowest BCUT2D eigenvalue weighted by atomic mass is 10.4. The fourth-order valence-corrected chi connectivity index (χ4v) is 1.11. The van der Waals surface area contributed by atoms with Gasteiger partial charge in [0.2, 0.25) is 5.91 Å². The van der Waals surface area contributed by atoms with Gasteiger partial charge in [-0.25, -0.2) is 19.6 Å². The summed E-state index contributed by atoms with van der Waals surface area (Å²) in [6, 6.07) is 0.648. The summed E-state index contributed by atoms with van der Waals surface area (Å²) in [5, 5.41) is 2.56. The molecule has 100 valence electrons. The first-order valence-electron chi connectivity index (χ1n) is 4.97. The van der Waals surface area contributed by atoms with E-state index in [1.807, 2.05) is 5.43 Å². The number of hydrazine groups is 1. The van der Waals surface area contributed by atoms with Crippen LogP contribution >= 0.6 is 0 Å². The van der Waals surface area contributed by atoms with Gasteiger partial charge in [-0.15, -0.1) is 0 Å². The minimum absolute atomic E-state index is 0.118. The highest BCUT2D eigenvalue weighted by Crippen LogP contribution is 2.17. The number of ether oxygens (including phenoxy) is 1. The second-order valence-corrected chi connectivity index (χ2v) is 3.24. The van der Waals surface area contributed by atoms with Crippen LogP contribution in [-0.2, 0) is 9.53 Å². The van der Waals surface area contributed by atoms with Gasteiger partial charge < -0.3 is 21.2 Å². The Balaban J connectivity index is 2.49. The number of nitrogens with zero attached hydrogens (tertiary/aromatic N) is 1. The van der Waals surface area contributed by atoms with Gasteiger partial charge in [0.25, 0.3) is 0 Å². The van der Waals surface area contributed by atoms with E-state index in [2.05, 4.69) is 10.3 Å². The van der Waals surface area contributed by atoms with Crippen molar-refractivity contribution in [3.63, 3.8) is 0 Å². The molecule has 0 aliphatic carbocycles. The first kappa shape index (κ1) is 14.1. The Morgan fingerprint density at radius 3 is 2.67 bits per heavy atom. The molecule has 0 aromatic carbocycles. The largest absolute Gasteiger partial charge is 0.370 e. The molecule has 0 atom stereocenters. The van der Waals surface area contributed by atoms with Gasteiger partial charge in [0, 0.05) is 12.6 Å². The van der Waals surface area contributed by atoms with E-state index < -0.39 is 17.5 Å². The van der Waals surface area contributed by atoms with E-state index in [4.69, 9.17) is 16.3 Å². The summed E-state index contributed by atoms with van der Waals surface area (Å²) in [5.41, 5.74) is 6.84.